The number of hydrogen-bond donors (Lipinski definition) is 9. The minimum Gasteiger partial charge on any atom is -0.508 e. The van der Waals surface area contributed by atoms with E-state index in [0.717, 1.165) is 6.08 Å². The minimum atomic E-state index is -1.91. The number of carboxylic acid groups (broad SMARTS) is 1. The lowest BCUT2D eigenvalue weighted by Crippen LogP contribution is -2.61. The molecule has 20 nitrogen and oxygen atoms in total. The first-order valence-corrected chi connectivity index (χ1v) is 17.8. The van der Waals surface area contributed by atoms with Crippen molar-refractivity contribution < 1.29 is 98.2 Å². The highest BCUT2D eigenvalue weighted by Crippen LogP contribution is 2.41. The van der Waals surface area contributed by atoms with E-state index in [-0.39, 0.29) is 29.6 Å². The van der Waals surface area contributed by atoms with Crippen LogP contribution in [0.3, 0.4) is 0 Å². The van der Waals surface area contributed by atoms with E-state index in [0.29, 0.717) is 11.1 Å². The zero-order chi connectivity index (χ0) is 42.7. The van der Waals surface area contributed by atoms with Gasteiger partial charge in [-0.2, -0.15) is 0 Å². The number of carboxylic acids is 1. The molecule has 2 fully saturated rings. The first-order valence-electron chi connectivity index (χ1n) is 17.8. The van der Waals surface area contributed by atoms with Gasteiger partial charge in [0.05, 0.1) is 39.3 Å². The molecule has 4 rings (SSSR count). The zero-order valence-electron chi connectivity index (χ0n) is 31.6. The van der Waals surface area contributed by atoms with Gasteiger partial charge in [-0.1, -0.05) is 18.2 Å². The van der Waals surface area contributed by atoms with Crippen molar-refractivity contribution >= 4 is 30.1 Å². The molecule has 0 bridgehead atoms. The molecule has 9 N–H and O–H groups in total. The van der Waals surface area contributed by atoms with Crippen LogP contribution in [0.25, 0.3) is 12.2 Å². The molecule has 0 radical (unpaired) electrons. The molecule has 58 heavy (non-hydrogen) atoms. The molecule has 2 aliphatic heterocycles. The predicted octanol–water partition coefficient (Wildman–Crippen LogP) is -1.15. The van der Waals surface area contributed by atoms with E-state index in [1.54, 1.807) is 12.1 Å². The first kappa shape index (κ1) is 45.8. The number of aliphatic hydroxyl groups is 7. The highest BCUT2D eigenvalue weighted by Gasteiger charge is 2.48. The second kappa shape index (κ2) is 20.7. The third-order valence-corrected chi connectivity index (χ3v) is 9.02. The van der Waals surface area contributed by atoms with Crippen LogP contribution in [0.15, 0.2) is 48.6 Å². The number of ether oxygens (including phenoxy) is 8. The molecular formula is C38H48O20. The number of phenolic OH excluding ortho intramolecular Hbond substituents is 1. The number of esters is 2. The Hall–Kier alpha value is -4.87. The number of phenols is 1. The Bertz CT molecular complexity index is 1720. The summed E-state index contributed by atoms with van der Waals surface area (Å²) in [5, 5.41) is 90.7. The van der Waals surface area contributed by atoms with Crippen LogP contribution in [0.2, 0.25) is 0 Å². The maximum atomic E-state index is 12.9. The van der Waals surface area contributed by atoms with Gasteiger partial charge in [-0.05, 0) is 54.5 Å². The van der Waals surface area contributed by atoms with Crippen LogP contribution >= 0.6 is 0 Å². The van der Waals surface area contributed by atoms with Gasteiger partial charge in [0, 0.05) is 6.08 Å². The molecule has 20 heteroatoms. The molecule has 0 amide bonds. The Morgan fingerprint density at radius 1 is 0.759 bits per heavy atom. The number of aliphatic hydroxyl groups excluding tert-OH is 7. The highest BCUT2D eigenvalue weighted by molar-refractivity contribution is 5.87. The second-order valence-corrected chi connectivity index (χ2v) is 13.5. The molecule has 320 valence electrons. The van der Waals surface area contributed by atoms with Crippen molar-refractivity contribution in [2.75, 3.05) is 34.0 Å². The summed E-state index contributed by atoms with van der Waals surface area (Å²) in [6, 6.07) is 8.88. The SMILES string of the molecule is COc1cc(C=CCOC(=O)CC(C)(CC(=O)O)OC2OC(COC(=O)C=Cc3ccc(O)cc3)C(O)C(O)C2O)cc(OC)c1OC1OC(CO)C(O)C(O)C1O. The number of carbonyl (C=O) groups is 3. The molecule has 11 unspecified atom stereocenters. The van der Waals surface area contributed by atoms with Gasteiger partial charge in [0.15, 0.2) is 17.8 Å². The molecule has 0 aromatic heterocycles. The minimum absolute atomic E-state index is 0.0294. The number of aromatic hydroxyl groups is 1. The Morgan fingerprint density at radius 2 is 1.34 bits per heavy atom. The number of benzene rings is 2. The van der Waals surface area contributed by atoms with E-state index < -0.39 is 111 Å². The summed E-state index contributed by atoms with van der Waals surface area (Å²) in [5.74, 6) is -3.02. The van der Waals surface area contributed by atoms with Gasteiger partial charge < -0.3 is 83.9 Å². The van der Waals surface area contributed by atoms with Crippen molar-refractivity contribution in [1.29, 1.82) is 0 Å². The van der Waals surface area contributed by atoms with E-state index in [2.05, 4.69) is 0 Å². The fourth-order valence-electron chi connectivity index (χ4n) is 5.93. The number of methoxy groups -OCH3 is 2. The van der Waals surface area contributed by atoms with E-state index in [1.807, 2.05) is 0 Å². The monoisotopic (exact) mass is 824 g/mol. The van der Waals surface area contributed by atoms with Crippen LogP contribution in [0.5, 0.6) is 23.0 Å². The van der Waals surface area contributed by atoms with Crippen LogP contribution in [0.4, 0.5) is 0 Å². The lowest BCUT2D eigenvalue weighted by Gasteiger charge is -2.43. The van der Waals surface area contributed by atoms with Gasteiger partial charge >= 0.3 is 17.9 Å². The van der Waals surface area contributed by atoms with Gasteiger partial charge in [0.25, 0.3) is 0 Å². The lowest BCUT2D eigenvalue weighted by molar-refractivity contribution is -0.325. The molecule has 2 aromatic rings. The average molecular weight is 825 g/mol. The summed E-state index contributed by atoms with van der Waals surface area (Å²) >= 11 is 0. The smallest absolute Gasteiger partial charge is 0.330 e. The maximum Gasteiger partial charge on any atom is 0.330 e. The van der Waals surface area contributed by atoms with Crippen LogP contribution in [-0.4, -0.2) is 165 Å². The summed E-state index contributed by atoms with van der Waals surface area (Å²) in [6.07, 6.45) is -12.6. The van der Waals surface area contributed by atoms with Crippen LogP contribution in [0.1, 0.15) is 30.9 Å². The molecule has 2 aliphatic rings. The number of rotatable bonds is 18. The van der Waals surface area contributed by atoms with Crippen molar-refractivity contribution in [2.45, 2.75) is 86.8 Å². The van der Waals surface area contributed by atoms with E-state index in [1.165, 1.54) is 63.6 Å². The molecule has 2 heterocycles. The fourth-order valence-corrected chi connectivity index (χ4v) is 5.93. The number of carbonyl (C=O) groups excluding carboxylic acids is 2. The summed E-state index contributed by atoms with van der Waals surface area (Å²) < 4.78 is 43.7. The summed E-state index contributed by atoms with van der Waals surface area (Å²) in [6.45, 7) is -0.366. The Labute approximate surface area is 331 Å². The molecule has 11 atom stereocenters. The maximum absolute atomic E-state index is 12.9. The quantitative estimate of drug-likeness (QED) is 0.0633. The summed E-state index contributed by atoms with van der Waals surface area (Å²) in [7, 11) is 2.63. The molecule has 2 saturated heterocycles. The van der Waals surface area contributed by atoms with E-state index in [9.17, 15) is 60.3 Å². The average Bonchev–Trinajstić information content (AvgIpc) is 3.18. The van der Waals surface area contributed by atoms with Crippen molar-refractivity contribution in [1.82, 2.24) is 0 Å². The third-order valence-electron chi connectivity index (χ3n) is 9.02. The zero-order valence-corrected chi connectivity index (χ0v) is 31.6. The van der Waals surface area contributed by atoms with Crippen LogP contribution < -0.4 is 14.2 Å². The number of aliphatic carboxylic acids is 1. The second-order valence-electron chi connectivity index (χ2n) is 13.5. The summed E-state index contributed by atoms with van der Waals surface area (Å²) in [5.41, 5.74) is -0.867. The van der Waals surface area contributed by atoms with E-state index >= 15 is 0 Å². The van der Waals surface area contributed by atoms with Crippen molar-refractivity contribution in [3.05, 3.63) is 59.7 Å². The first-order chi connectivity index (χ1) is 27.5. The molecule has 0 aliphatic carbocycles. The van der Waals surface area contributed by atoms with Gasteiger partial charge in [-0.15, -0.1) is 0 Å². The Morgan fingerprint density at radius 3 is 1.93 bits per heavy atom. The molecule has 2 aromatic carbocycles. The van der Waals surface area contributed by atoms with Crippen LogP contribution in [0, 0.1) is 0 Å². The normalized spacial score (nSPS) is 28.4. The largest absolute Gasteiger partial charge is 0.508 e. The molecular weight excluding hydrogens is 776 g/mol. The summed E-state index contributed by atoms with van der Waals surface area (Å²) in [4.78, 5) is 37.0. The Balaban J connectivity index is 1.36. The van der Waals surface area contributed by atoms with Crippen molar-refractivity contribution in [3.8, 4) is 23.0 Å². The van der Waals surface area contributed by atoms with Gasteiger partial charge in [-0.25, -0.2) is 4.79 Å². The van der Waals surface area contributed by atoms with Gasteiger partial charge in [-0.3, -0.25) is 9.59 Å². The fraction of sp³-hybridized carbons (Fsp3) is 0.500. The van der Waals surface area contributed by atoms with Crippen LogP contribution in [-0.2, 0) is 38.1 Å². The van der Waals surface area contributed by atoms with Gasteiger partial charge in [0.2, 0.25) is 12.0 Å². The van der Waals surface area contributed by atoms with E-state index in [4.69, 9.17) is 37.9 Å². The van der Waals surface area contributed by atoms with Crippen molar-refractivity contribution in [3.63, 3.8) is 0 Å². The van der Waals surface area contributed by atoms with Crippen molar-refractivity contribution in [2.24, 2.45) is 0 Å². The topological polar surface area (TPSA) is 307 Å². The highest BCUT2D eigenvalue weighted by atomic mass is 16.7. The molecule has 0 spiro atoms. The van der Waals surface area contributed by atoms with Gasteiger partial charge in [0.1, 0.15) is 67.8 Å². The number of hydrogen-bond acceptors (Lipinski definition) is 19. The lowest BCUT2D eigenvalue weighted by atomic mass is 9.95. The third kappa shape index (κ3) is 12.1. The standard InChI is InChI=1S/C38H48O20/c1-38(15-26(41)42,58-37-34(50)32(48)30(46)25(56-37)18-54-27(43)11-8-19-6-9-21(40)10-7-19)16-28(44)53-12-4-5-20-13-22(51-2)35(23(14-20)52-3)57-36-33(49)31(47)29(45)24(17-39)55-36/h4-11,13-14,24-25,29-34,36-37,39-40,45-50H,12,15-18H2,1-3H3,(H,41,42). The molecule has 0 saturated carbocycles. The Kier molecular flexibility index (Phi) is 16.4. The predicted molar refractivity (Wildman–Crippen MR) is 195 cm³/mol.